The summed E-state index contributed by atoms with van der Waals surface area (Å²) in [4.78, 5) is 4.23. The SMILES string of the molecule is NC(=NCc1cc(Cl)ccc1OC(F)F)NC1CCOc2ccccc21. The van der Waals surface area contributed by atoms with Crippen molar-refractivity contribution < 1.29 is 18.3 Å². The standard InChI is InChI=1S/C18H18ClF2N3O2/c19-12-5-6-15(26-17(20)21)11(9-12)10-23-18(22)24-14-7-8-25-16-4-2-1-3-13(14)16/h1-6,9,14,17H,7-8,10H2,(H3,22,23,24). The summed E-state index contributed by atoms with van der Waals surface area (Å²) in [7, 11) is 0. The van der Waals surface area contributed by atoms with E-state index in [9.17, 15) is 8.78 Å². The minimum absolute atomic E-state index is 0.0253. The van der Waals surface area contributed by atoms with E-state index in [1.165, 1.54) is 18.2 Å². The Labute approximate surface area is 154 Å². The summed E-state index contributed by atoms with van der Waals surface area (Å²) in [5.74, 6) is 1.04. The topological polar surface area (TPSA) is 68.9 Å². The number of aliphatic imine (C=N–C) groups is 1. The molecule has 0 bridgehead atoms. The van der Waals surface area contributed by atoms with Gasteiger partial charge in [0.05, 0.1) is 19.2 Å². The third kappa shape index (κ3) is 4.54. The first kappa shape index (κ1) is 18.3. The number of hydrogen-bond acceptors (Lipinski definition) is 3. The van der Waals surface area contributed by atoms with Crippen LogP contribution in [0.4, 0.5) is 8.78 Å². The van der Waals surface area contributed by atoms with Crippen molar-refractivity contribution in [2.24, 2.45) is 10.7 Å². The molecule has 1 atom stereocenters. The Hall–Kier alpha value is -2.54. The van der Waals surface area contributed by atoms with E-state index in [-0.39, 0.29) is 24.3 Å². The Morgan fingerprint density at radius 3 is 2.96 bits per heavy atom. The molecule has 0 aromatic heterocycles. The molecule has 8 heteroatoms. The number of nitrogens with one attached hydrogen (secondary N) is 1. The van der Waals surface area contributed by atoms with E-state index in [1.54, 1.807) is 0 Å². The zero-order valence-electron chi connectivity index (χ0n) is 13.8. The van der Waals surface area contributed by atoms with Crippen molar-refractivity contribution in [3.8, 4) is 11.5 Å². The van der Waals surface area contributed by atoms with Crippen LogP contribution in [-0.4, -0.2) is 19.2 Å². The van der Waals surface area contributed by atoms with Crippen LogP contribution >= 0.6 is 11.6 Å². The molecule has 0 saturated carbocycles. The number of rotatable bonds is 5. The maximum atomic E-state index is 12.5. The Morgan fingerprint density at radius 2 is 2.15 bits per heavy atom. The quantitative estimate of drug-likeness (QED) is 0.609. The fourth-order valence-corrected chi connectivity index (χ4v) is 2.96. The van der Waals surface area contributed by atoms with Crippen LogP contribution in [0.2, 0.25) is 5.02 Å². The largest absolute Gasteiger partial charge is 0.493 e. The number of alkyl halides is 2. The molecule has 1 unspecified atom stereocenters. The lowest BCUT2D eigenvalue weighted by Gasteiger charge is -2.27. The molecule has 3 rings (SSSR count). The van der Waals surface area contributed by atoms with Crippen LogP contribution in [0.15, 0.2) is 47.5 Å². The molecule has 1 aliphatic heterocycles. The molecule has 2 aromatic rings. The average Bonchev–Trinajstić information content (AvgIpc) is 2.62. The van der Waals surface area contributed by atoms with Crippen LogP contribution in [0.1, 0.15) is 23.6 Å². The zero-order chi connectivity index (χ0) is 18.5. The summed E-state index contributed by atoms with van der Waals surface area (Å²) >= 11 is 5.93. The van der Waals surface area contributed by atoms with Gasteiger partial charge in [-0.2, -0.15) is 8.78 Å². The van der Waals surface area contributed by atoms with Gasteiger partial charge in [-0.25, -0.2) is 4.99 Å². The van der Waals surface area contributed by atoms with Crippen molar-refractivity contribution in [2.45, 2.75) is 25.6 Å². The van der Waals surface area contributed by atoms with Gasteiger partial charge in [-0.1, -0.05) is 29.8 Å². The molecule has 26 heavy (non-hydrogen) atoms. The van der Waals surface area contributed by atoms with Gasteiger partial charge in [0.2, 0.25) is 0 Å². The van der Waals surface area contributed by atoms with E-state index in [0.717, 1.165) is 17.7 Å². The first-order chi connectivity index (χ1) is 12.5. The van der Waals surface area contributed by atoms with Gasteiger partial charge < -0.3 is 20.5 Å². The highest BCUT2D eigenvalue weighted by molar-refractivity contribution is 6.30. The Kier molecular flexibility index (Phi) is 5.78. The van der Waals surface area contributed by atoms with Crippen molar-refractivity contribution in [3.05, 3.63) is 58.6 Å². The zero-order valence-corrected chi connectivity index (χ0v) is 14.5. The first-order valence-electron chi connectivity index (χ1n) is 8.04. The van der Waals surface area contributed by atoms with Gasteiger partial charge in [0.1, 0.15) is 11.5 Å². The van der Waals surface area contributed by atoms with Crippen LogP contribution in [0.25, 0.3) is 0 Å². The molecule has 0 aliphatic carbocycles. The smallest absolute Gasteiger partial charge is 0.387 e. The molecular weight excluding hydrogens is 364 g/mol. The highest BCUT2D eigenvalue weighted by Gasteiger charge is 2.21. The Balaban J connectivity index is 1.71. The van der Waals surface area contributed by atoms with E-state index in [0.29, 0.717) is 17.2 Å². The second-order valence-electron chi connectivity index (χ2n) is 5.70. The van der Waals surface area contributed by atoms with Crippen LogP contribution in [0.5, 0.6) is 11.5 Å². The van der Waals surface area contributed by atoms with E-state index >= 15 is 0 Å². The molecule has 138 valence electrons. The predicted octanol–water partition coefficient (Wildman–Crippen LogP) is 3.87. The maximum absolute atomic E-state index is 12.5. The second-order valence-corrected chi connectivity index (χ2v) is 6.14. The molecular formula is C18H18ClF2N3O2. The molecule has 1 aliphatic rings. The molecule has 0 amide bonds. The molecule has 0 spiro atoms. The fourth-order valence-electron chi connectivity index (χ4n) is 2.77. The summed E-state index contributed by atoms with van der Waals surface area (Å²) in [6.07, 6.45) is 0.740. The van der Waals surface area contributed by atoms with E-state index in [1.807, 2.05) is 24.3 Å². The van der Waals surface area contributed by atoms with Gasteiger partial charge in [0.25, 0.3) is 0 Å². The highest BCUT2D eigenvalue weighted by atomic mass is 35.5. The summed E-state index contributed by atoms with van der Waals surface area (Å²) in [5, 5.41) is 3.55. The molecule has 2 aromatic carbocycles. The number of halogens is 3. The monoisotopic (exact) mass is 381 g/mol. The number of benzene rings is 2. The van der Waals surface area contributed by atoms with Crippen molar-refractivity contribution in [1.82, 2.24) is 5.32 Å². The molecule has 0 fully saturated rings. The van der Waals surface area contributed by atoms with Crippen molar-refractivity contribution in [2.75, 3.05) is 6.61 Å². The average molecular weight is 382 g/mol. The van der Waals surface area contributed by atoms with Crippen molar-refractivity contribution in [3.63, 3.8) is 0 Å². The fraction of sp³-hybridized carbons (Fsp3) is 0.278. The van der Waals surface area contributed by atoms with E-state index < -0.39 is 6.61 Å². The van der Waals surface area contributed by atoms with Crippen LogP contribution in [-0.2, 0) is 6.54 Å². The number of ether oxygens (including phenoxy) is 2. The molecule has 3 N–H and O–H groups in total. The number of para-hydroxylation sites is 1. The lowest BCUT2D eigenvalue weighted by molar-refractivity contribution is -0.0504. The van der Waals surface area contributed by atoms with Crippen LogP contribution in [0, 0.1) is 0 Å². The number of nitrogens with two attached hydrogens (primary N) is 1. The van der Waals surface area contributed by atoms with Gasteiger partial charge in [0.15, 0.2) is 5.96 Å². The predicted molar refractivity (Wildman–Crippen MR) is 95.8 cm³/mol. The Morgan fingerprint density at radius 1 is 1.35 bits per heavy atom. The number of fused-ring (bicyclic) bond motifs is 1. The first-order valence-corrected chi connectivity index (χ1v) is 8.42. The minimum Gasteiger partial charge on any atom is -0.493 e. The third-order valence-electron chi connectivity index (χ3n) is 3.94. The summed E-state index contributed by atoms with van der Waals surface area (Å²) in [6, 6.07) is 12.1. The number of nitrogens with zero attached hydrogens (tertiary/aromatic N) is 1. The van der Waals surface area contributed by atoms with Crippen LogP contribution < -0.4 is 20.5 Å². The number of hydrogen-bond donors (Lipinski definition) is 2. The van der Waals surface area contributed by atoms with Crippen LogP contribution in [0.3, 0.4) is 0 Å². The second kappa shape index (κ2) is 8.23. The maximum Gasteiger partial charge on any atom is 0.387 e. The third-order valence-corrected chi connectivity index (χ3v) is 4.17. The summed E-state index contributed by atoms with van der Waals surface area (Å²) < 4.78 is 35.1. The van der Waals surface area contributed by atoms with Crippen molar-refractivity contribution >= 4 is 17.6 Å². The highest BCUT2D eigenvalue weighted by Crippen LogP contribution is 2.31. The van der Waals surface area contributed by atoms with Gasteiger partial charge in [-0.3, -0.25) is 0 Å². The Bertz CT molecular complexity index is 802. The molecule has 0 saturated heterocycles. The van der Waals surface area contributed by atoms with Gasteiger partial charge in [-0.05, 0) is 24.3 Å². The number of guanidine groups is 1. The minimum atomic E-state index is -2.92. The summed E-state index contributed by atoms with van der Waals surface area (Å²) in [6.45, 7) is -2.29. The van der Waals surface area contributed by atoms with E-state index in [4.69, 9.17) is 22.1 Å². The van der Waals surface area contributed by atoms with Crippen molar-refractivity contribution in [1.29, 1.82) is 0 Å². The summed E-state index contributed by atoms with van der Waals surface area (Å²) in [5.41, 5.74) is 7.40. The molecule has 5 nitrogen and oxygen atoms in total. The van der Waals surface area contributed by atoms with Gasteiger partial charge >= 0.3 is 6.61 Å². The van der Waals surface area contributed by atoms with Gasteiger partial charge in [-0.15, -0.1) is 0 Å². The molecule has 1 heterocycles. The lowest BCUT2D eigenvalue weighted by atomic mass is 10.0. The van der Waals surface area contributed by atoms with Gasteiger partial charge in [0, 0.05) is 22.6 Å². The normalized spacial score (nSPS) is 16.8. The lowest BCUT2D eigenvalue weighted by Crippen LogP contribution is -2.37. The molecule has 0 radical (unpaired) electrons. The van der Waals surface area contributed by atoms with E-state index in [2.05, 4.69) is 15.0 Å².